The van der Waals surface area contributed by atoms with E-state index in [1.54, 1.807) is 17.0 Å². The SMILES string of the molecule is CCCCCC[C](CCCC)c1ccccc1CCCC. The normalized spacial score (nSPS) is 11.2. The van der Waals surface area contributed by atoms with Crippen LogP contribution >= 0.6 is 0 Å². The lowest BCUT2D eigenvalue weighted by molar-refractivity contribution is 0.609. The first kappa shape index (κ1) is 18.3. The summed E-state index contributed by atoms with van der Waals surface area (Å²) in [4.78, 5) is 0. The quantitative estimate of drug-likeness (QED) is 0.359. The molecule has 0 saturated heterocycles. The van der Waals surface area contributed by atoms with Crippen LogP contribution in [0.1, 0.15) is 96.1 Å². The summed E-state index contributed by atoms with van der Waals surface area (Å²) in [6.45, 7) is 6.88. The Kier molecular flexibility index (Phi) is 10.3. The van der Waals surface area contributed by atoms with E-state index in [4.69, 9.17) is 0 Å². The van der Waals surface area contributed by atoms with E-state index < -0.39 is 0 Å². The lowest BCUT2D eigenvalue weighted by atomic mass is 9.85. The Bertz CT molecular complexity index is 353. The van der Waals surface area contributed by atoms with E-state index in [1.807, 2.05) is 0 Å². The largest absolute Gasteiger partial charge is 0.0654 e. The second-order valence-electron chi connectivity index (χ2n) is 6.28. The van der Waals surface area contributed by atoms with Gasteiger partial charge >= 0.3 is 0 Å². The third-order valence-corrected chi connectivity index (χ3v) is 4.36. The summed E-state index contributed by atoms with van der Waals surface area (Å²) in [5.41, 5.74) is 3.16. The maximum atomic E-state index is 2.37. The first-order chi connectivity index (χ1) is 10.3. The summed E-state index contributed by atoms with van der Waals surface area (Å²) in [5, 5.41) is 0. The molecule has 0 N–H and O–H groups in total. The van der Waals surface area contributed by atoms with Crippen molar-refractivity contribution in [3.05, 3.63) is 41.3 Å². The van der Waals surface area contributed by atoms with Gasteiger partial charge < -0.3 is 0 Å². The van der Waals surface area contributed by atoms with Crippen LogP contribution in [0.5, 0.6) is 0 Å². The molecule has 1 aromatic rings. The first-order valence-corrected chi connectivity index (χ1v) is 9.26. The molecule has 0 aliphatic heterocycles. The zero-order valence-corrected chi connectivity index (χ0v) is 14.6. The van der Waals surface area contributed by atoms with Crippen molar-refractivity contribution >= 4 is 0 Å². The number of aryl methyl sites for hydroxylation is 1. The zero-order valence-electron chi connectivity index (χ0n) is 14.6. The third-order valence-electron chi connectivity index (χ3n) is 4.36. The maximum absolute atomic E-state index is 2.37. The summed E-state index contributed by atoms with van der Waals surface area (Å²) in [6, 6.07) is 9.16. The van der Waals surface area contributed by atoms with Crippen LogP contribution in [0.2, 0.25) is 0 Å². The van der Waals surface area contributed by atoms with E-state index in [0.29, 0.717) is 0 Å². The van der Waals surface area contributed by atoms with Gasteiger partial charge in [-0.2, -0.15) is 0 Å². The standard InChI is InChI=1S/C21H35/c1-4-7-10-11-16-19(14-8-5-2)21-18-13-12-17-20(21)15-9-6-3/h12-13,17-18H,4-11,14-16H2,1-3H3. The van der Waals surface area contributed by atoms with Gasteiger partial charge in [0.05, 0.1) is 0 Å². The summed E-state index contributed by atoms with van der Waals surface area (Å²) >= 11 is 0. The van der Waals surface area contributed by atoms with Gasteiger partial charge in [-0.3, -0.25) is 0 Å². The summed E-state index contributed by atoms with van der Waals surface area (Å²) in [7, 11) is 0. The van der Waals surface area contributed by atoms with Gasteiger partial charge in [-0.25, -0.2) is 0 Å². The molecule has 1 aromatic carbocycles. The van der Waals surface area contributed by atoms with Gasteiger partial charge in [-0.05, 0) is 36.8 Å². The van der Waals surface area contributed by atoms with Crippen LogP contribution in [0.25, 0.3) is 0 Å². The maximum Gasteiger partial charge on any atom is 0.00526 e. The van der Waals surface area contributed by atoms with Crippen molar-refractivity contribution in [2.75, 3.05) is 0 Å². The van der Waals surface area contributed by atoms with E-state index in [0.717, 1.165) is 0 Å². The van der Waals surface area contributed by atoms with Crippen molar-refractivity contribution < 1.29 is 0 Å². The fourth-order valence-corrected chi connectivity index (χ4v) is 3.00. The molecule has 1 rings (SSSR count). The van der Waals surface area contributed by atoms with Crippen LogP contribution < -0.4 is 0 Å². The van der Waals surface area contributed by atoms with Gasteiger partial charge in [0, 0.05) is 5.92 Å². The number of benzene rings is 1. The van der Waals surface area contributed by atoms with Crippen molar-refractivity contribution in [2.45, 2.75) is 91.4 Å². The van der Waals surface area contributed by atoms with Gasteiger partial charge in [0.25, 0.3) is 0 Å². The van der Waals surface area contributed by atoms with Crippen molar-refractivity contribution in [3.63, 3.8) is 0 Å². The van der Waals surface area contributed by atoms with Crippen LogP contribution in [0.15, 0.2) is 24.3 Å². The topological polar surface area (TPSA) is 0 Å². The average Bonchev–Trinajstić information content (AvgIpc) is 2.53. The van der Waals surface area contributed by atoms with E-state index in [2.05, 4.69) is 45.0 Å². The highest BCUT2D eigenvalue weighted by atomic mass is 14.2. The highest BCUT2D eigenvalue weighted by molar-refractivity contribution is 5.38. The predicted octanol–water partition coefficient (Wildman–Crippen LogP) is 7.11. The number of hydrogen-bond acceptors (Lipinski definition) is 0. The molecule has 0 amide bonds. The van der Waals surface area contributed by atoms with Crippen molar-refractivity contribution in [2.24, 2.45) is 0 Å². The van der Waals surface area contributed by atoms with Crippen LogP contribution in [0.3, 0.4) is 0 Å². The number of rotatable bonds is 12. The fourth-order valence-electron chi connectivity index (χ4n) is 3.00. The summed E-state index contributed by atoms with van der Waals surface area (Å²) < 4.78 is 0. The average molecular weight is 288 g/mol. The van der Waals surface area contributed by atoms with E-state index in [1.165, 1.54) is 70.6 Å². The smallest absolute Gasteiger partial charge is 0.00526 e. The molecule has 0 heterocycles. The minimum absolute atomic E-state index is 1.25. The summed E-state index contributed by atoms with van der Waals surface area (Å²) in [6.07, 6.45) is 14.6. The van der Waals surface area contributed by atoms with Crippen LogP contribution in [0, 0.1) is 5.92 Å². The highest BCUT2D eigenvalue weighted by Crippen LogP contribution is 2.30. The Morgan fingerprint density at radius 1 is 0.714 bits per heavy atom. The molecule has 0 heteroatoms. The van der Waals surface area contributed by atoms with E-state index in [9.17, 15) is 0 Å². The number of hydrogen-bond donors (Lipinski definition) is 0. The molecule has 0 saturated carbocycles. The monoisotopic (exact) mass is 287 g/mol. The molecule has 0 aliphatic carbocycles. The molecule has 0 aromatic heterocycles. The van der Waals surface area contributed by atoms with Crippen molar-refractivity contribution in [1.82, 2.24) is 0 Å². The Labute approximate surface area is 133 Å². The van der Waals surface area contributed by atoms with E-state index in [-0.39, 0.29) is 0 Å². The van der Waals surface area contributed by atoms with Crippen LogP contribution in [0.4, 0.5) is 0 Å². The van der Waals surface area contributed by atoms with Gasteiger partial charge in [0.1, 0.15) is 0 Å². The van der Waals surface area contributed by atoms with Crippen molar-refractivity contribution in [3.8, 4) is 0 Å². The first-order valence-electron chi connectivity index (χ1n) is 9.26. The molecule has 1 radical (unpaired) electrons. The van der Waals surface area contributed by atoms with Crippen LogP contribution in [-0.2, 0) is 6.42 Å². The third kappa shape index (κ3) is 7.16. The molecule has 0 atom stereocenters. The summed E-state index contributed by atoms with van der Waals surface area (Å²) in [5.74, 6) is 1.72. The zero-order chi connectivity index (χ0) is 15.3. The van der Waals surface area contributed by atoms with Gasteiger partial charge in [-0.15, -0.1) is 0 Å². The molecule has 0 unspecified atom stereocenters. The lowest BCUT2D eigenvalue weighted by Gasteiger charge is -2.20. The van der Waals surface area contributed by atoms with Crippen molar-refractivity contribution in [1.29, 1.82) is 0 Å². The van der Waals surface area contributed by atoms with Gasteiger partial charge in [0.2, 0.25) is 0 Å². The second kappa shape index (κ2) is 11.8. The fraction of sp³-hybridized carbons (Fsp3) is 0.667. The van der Waals surface area contributed by atoms with Gasteiger partial charge in [-0.1, -0.05) is 90.0 Å². The van der Waals surface area contributed by atoms with Crippen LogP contribution in [-0.4, -0.2) is 0 Å². The molecular weight excluding hydrogens is 252 g/mol. The Hall–Kier alpha value is -0.780. The minimum atomic E-state index is 1.25. The molecule has 0 bridgehead atoms. The van der Waals surface area contributed by atoms with Gasteiger partial charge in [0.15, 0.2) is 0 Å². The predicted molar refractivity (Wildman–Crippen MR) is 95.7 cm³/mol. The highest BCUT2D eigenvalue weighted by Gasteiger charge is 2.15. The minimum Gasteiger partial charge on any atom is -0.0654 e. The molecule has 0 spiro atoms. The molecule has 0 nitrogen and oxygen atoms in total. The second-order valence-corrected chi connectivity index (χ2v) is 6.28. The molecule has 0 fully saturated rings. The Morgan fingerprint density at radius 2 is 1.38 bits per heavy atom. The molecule has 21 heavy (non-hydrogen) atoms. The molecule has 119 valence electrons. The Balaban J connectivity index is 2.70. The molecular formula is C21H35. The lowest BCUT2D eigenvalue weighted by Crippen LogP contribution is -2.05. The van der Waals surface area contributed by atoms with E-state index >= 15 is 0 Å². The number of unbranched alkanes of at least 4 members (excludes halogenated alkanes) is 5. The Morgan fingerprint density at radius 3 is 2.10 bits per heavy atom. The molecule has 0 aliphatic rings.